The lowest BCUT2D eigenvalue weighted by atomic mass is 9.95. The van der Waals surface area contributed by atoms with Gasteiger partial charge in [0.25, 0.3) is 0 Å². The molecule has 0 bridgehead atoms. The van der Waals surface area contributed by atoms with Crippen molar-refractivity contribution in [1.29, 1.82) is 0 Å². The van der Waals surface area contributed by atoms with E-state index < -0.39 is 17.8 Å². The van der Waals surface area contributed by atoms with E-state index in [1.54, 1.807) is 6.20 Å². The number of carboxylic acids is 1. The van der Waals surface area contributed by atoms with Gasteiger partial charge in [0.1, 0.15) is 5.82 Å². The molecule has 1 aromatic rings. The zero-order valence-electron chi connectivity index (χ0n) is 10.4. The topological polar surface area (TPSA) is 95.1 Å². The average molecular weight is 251 g/mol. The van der Waals surface area contributed by atoms with Gasteiger partial charge in [0.15, 0.2) is 0 Å². The fraction of sp³-hybridized carbons (Fsp3) is 0.583. The minimum atomic E-state index is -0.888. The Morgan fingerprint density at radius 2 is 2.11 bits per heavy atom. The first kappa shape index (κ1) is 12.6. The second kappa shape index (κ2) is 4.80. The number of carbonyl (C=O) groups excluding carboxylic acids is 1. The molecule has 1 fully saturated rings. The number of aromatic nitrogens is 2. The fourth-order valence-electron chi connectivity index (χ4n) is 2.54. The molecule has 0 spiro atoms. The molecule has 3 atom stereocenters. The van der Waals surface area contributed by atoms with Crippen molar-refractivity contribution in [3.05, 3.63) is 11.8 Å². The Labute approximate surface area is 105 Å². The summed E-state index contributed by atoms with van der Waals surface area (Å²) in [6, 6.07) is 0. The smallest absolute Gasteiger partial charge is 0.307 e. The van der Waals surface area contributed by atoms with Gasteiger partial charge in [0.2, 0.25) is 5.91 Å². The highest BCUT2D eigenvalue weighted by atomic mass is 16.4. The van der Waals surface area contributed by atoms with E-state index in [1.165, 1.54) is 0 Å². The number of hydrogen-bond acceptors (Lipinski definition) is 3. The van der Waals surface area contributed by atoms with Crippen molar-refractivity contribution in [1.82, 2.24) is 10.2 Å². The Morgan fingerprint density at radius 1 is 1.44 bits per heavy atom. The van der Waals surface area contributed by atoms with Gasteiger partial charge in [-0.3, -0.25) is 14.7 Å². The van der Waals surface area contributed by atoms with Crippen LogP contribution in [-0.2, 0) is 9.59 Å². The third-order valence-electron chi connectivity index (χ3n) is 3.53. The summed E-state index contributed by atoms with van der Waals surface area (Å²) < 4.78 is 0. The average Bonchev–Trinajstić information content (AvgIpc) is 2.86. The number of aliphatic carboxylic acids is 1. The third kappa shape index (κ3) is 2.37. The summed E-state index contributed by atoms with van der Waals surface area (Å²) in [4.78, 5) is 23.2. The zero-order chi connectivity index (χ0) is 13.3. The van der Waals surface area contributed by atoms with E-state index in [0.717, 1.165) is 5.56 Å². The van der Waals surface area contributed by atoms with Gasteiger partial charge in [-0.05, 0) is 25.7 Å². The number of carboxylic acid groups (broad SMARTS) is 1. The Morgan fingerprint density at radius 3 is 2.67 bits per heavy atom. The van der Waals surface area contributed by atoms with Crippen molar-refractivity contribution in [2.75, 3.05) is 5.32 Å². The number of H-pyrrole nitrogens is 1. The first-order chi connectivity index (χ1) is 8.49. The van der Waals surface area contributed by atoms with Crippen LogP contribution in [0.4, 0.5) is 5.82 Å². The van der Waals surface area contributed by atoms with E-state index in [-0.39, 0.29) is 11.8 Å². The molecule has 1 saturated carbocycles. The molecule has 0 radical (unpaired) electrons. The Balaban J connectivity index is 2.09. The zero-order valence-corrected chi connectivity index (χ0v) is 10.4. The molecule has 6 heteroatoms. The summed E-state index contributed by atoms with van der Waals surface area (Å²) in [6.07, 6.45) is 2.80. The molecule has 6 nitrogen and oxygen atoms in total. The predicted molar refractivity (Wildman–Crippen MR) is 65.0 cm³/mol. The van der Waals surface area contributed by atoms with Gasteiger partial charge in [-0.1, -0.05) is 6.92 Å². The van der Waals surface area contributed by atoms with Crippen molar-refractivity contribution < 1.29 is 14.7 Å². The summed E-state index contributed by atoms with van der Waals surface area (Å²) in [5.41, 5.74) is 0.835. The number of rotatable bonds is 3. The van der Waals surface area contributed by atoms with Gasteiger partial charge in [-0.15, -0.1) is 0 Å². The first-order valence-corrected chi connectivity index (χ1v) is 6.02. The third-order valence-corrected chi connectivity index (χ3v) is 3.53. The lowest BCUT2D eigenvalue weighted by Crippen LogP contribution is -2.30. The van der Waals surface area contributed by atoms with Gasteiger partial charge in [-0.2, -0.15) is 5.10 Å². The number of anilines is 1. The van der Waals surface area contributed by atoms with Gasteiger partial charge in [-0.25, -0.2) is 0 Å². The van der Waals surface area contributed by atoms with Crippen LogP contribution in [0, 0.1) is 24.7 Å². The Hall–Kier alpha value is -1.85. The highest BCUT2D eigenvalue weighted by Crippen LogP contribution is 2.37. The van der Waals surface area contributed by atoms with Crippen LogP contribution in [0.1, 0.15) is 25.3 Å². The molecule has 98 valence electrons. The summed E-state index contributed by atoms with van der Waals surface area (Å²) in [5, 5.41) is 18.3. The molecule has 1 amide bonds. The van der Waals surface area contributed by atoms with Crippen LogP contribution in [0.2, 0.25) is 0 Å². The SMILES string of the molecule is Cc1cn[nH]c1NC(=O)C1CC(C)CC1C(=O)O. The normalized spacial score (nSPS) is 27.1. The second-order valence-electron chi connectivity index (χ2n) is 5.05. The number of hydrogen-bond donors (Lipinski definition) is 3. The van der Waals surface area contributed by atoms with E-state index >= 15 is 0 Å². The van der Waals surface area contributed by atoms with Crippen LogP contribution in [0.25, 0.3) is 0 Å². The Kier molecular flexibility index (Phi) is 3.36. The first-order valence-electron chi connectivity index (χ1n) is 6.02. The van der Waals surface area contributed by atoms with E-state index in [9.17, 15) is 9.59 Å². The molecular weight excluding hydrogens is 234 g/mol. The fourth-order valence-corrected chi connectivity index (χ4v) is 2.54. The molecule has 1 aliphatic carbocycles. The quantitative estimate of drug-likeness (QED) is 0.756. The molecule has 0 saturated heterocycles. The number of nitrogens with one attached hydrogen (secondary N) is 2. The number of carbonyl (C=O) groups is 2. The largest absolute Gasteiger partial charge is 0.481 e. The predicted octanol–water partition coefficient (Wildman–Crippen LogP) is 1.40. The van der Waals surface area contributed by atoms with Crippen molar-refractivity contribution in [3.8, 4) is 0 Å². The molecule has 3 unspecified atom stereocenters. The van der Waals surface area contributed by atoms with Crippen LogP contribution in [0.3, 0.4) is 0 Å². The summed E-state index contributed by atoms with van der Waals surface area (Å²) in [5.74, 6) is -1.35. The molecule has 1 aliphatic rings. The van der Waals surface area contributed by atoms with E-state index in [4.69, 9.17) is 5.11 Å². The molecule has 3 N–H and O–H groups in total. The highest BCUT2D eigenvalue weighted by Gasteiger charge is 2.41. The van der Waals surface area contributed by atoms with Crippen molar-refractivity contribution >= 4 is 17.7 Å². The van der Waals surface area contributed by atoms with Crippen LogP contribution in [0.5, 0.6) is 0 Å². The van der Waals surface area contributed by atoms with Gasteiger partial charge < -0.3 is 10.4 Å². The standard InChI is InChI=1S/C12H17N3O3/c1-6-3-8(9(4-6)12(17)18)11(16)14-10-7(2)5-13-15-10/h5-6,8-9H,3-4H2,1-2H3,(H,17,18)(H2,13,14,15,16). The van der Waals surface area contributed by atoms with Crippen LogP contribution in [0.15, 0.2) is 6.20 Å². The molecular formula is C12H17N3O3. The van der Waals surface area contributed by atoms with Gasteiger partial charge >= 0.3 is 5.97 Å². The van der Waals surface area contributed by atoms with Crippen LogP contribution in [-0.4, -0.2) is 27.2 Å². The molecule has 0 aliphatic heterocycles. The van der Waals surface area contributed by atoms with E-state index in [1.807, 2.05) is 13.8 Å². The lowest BCUT2D eigenvalue weighted by molar-refractivity contribution is -0.145. The number of aromatic amines is 1. The summed E-state index contributed by atoms with van der Waals surface area (Å²) >= 11 is 0. The lowest BCUT2D eigenvalue weighted by Gasteiger charge is -2.14. The monoisotopic (exact) mass is 251 g/mol. The van der Waals surface area contributed by atoms with Gasteiger partial charge in [0, 0.05) is 5.56 Å². The van der Waals surface area contributed by atoms with Crippen molar-refractivity contribution in [2.24, 2.45) is 17.8 Å². The van der Waals surface area contributed by atoms with Crippen LogP contribution >= 0.6 is 0 Å². The molecule has 1 heterocycles. The molecule has 0 aromatic carbocycles. The van der Waals surface area contributed by atoms with Crippen LogP contribution < -0.4 is 5.32 Å². The highest BCUT2D eigenvalue weighted by molar-refractivity contribution is 5.95. The van der Waals surface area contributed by atoms with E-state index in [2.05, 4.69) is 15.5 Å². The second-order valence-corrected chi connectivity index (χ2v) is 5.05. The van der Waals surface area contributed by atoms with E-state index in [0.29, 0.717) is 18.7 Å². The minimum absolute atomic E-state index is 0.237. The molecule has 18 heavy (non-hydrogen) atoms. The van der Waals surface area contributed by atoms with Crippen molar-refractivity contribution in [3.63, 3.8) is 0 Å². The minimum Gasteiger partial charge on any atom is -0.481 e. The Bertz CT molecular complexity index is 469. The van der Waals surface area contributed by atoms with Crippen molar-refractivity contribution in [2.45, 2.75) is 26.7 Å². The number of amides is 1. The molecule has 1 aromatic heterocycles. The number of aryl methyl sites for hydroxylation is 1. The maximum absolute atomic E-state index is 12.1. The van der Waals surface area contributed by atoms with Gasteiger partial charge in [0.05, 0.1) is 18.0 Å². The molecule has 2 rings (SSSR count). The summed E-state index contributed by atoms with van der Waals surface area (Å²) in [7, 11) is 0. The maximum Gasteiger partial charge on any atom is 0.307 e. The number of nitrogens with zero attached hydrogens (tertiary/aromatic N) is 1. The maximum atomic E-state index is 12.1. The summed E-state index contributed by atoms with van der Waals surface area (Å²) in [6.45, 7) is 3.80.